The number of hydrogen-bond donors (Lipinski definition) is 2. The van der Waals surface area contributed by atoms with Gasteiger partial charge in [-0.25, -0.2) is 4.98 Å². The Labute approximate surface area is 114 Å². The van der Waals surface area contributed by atoms with Crippen molar-refractivity contribution in [1.82, 2.24) is 10.3 Å². The summed E-state index contributed by atoms with van der Waals surface area (Å²) in [7, 11) is 1.36. The van der Waals surface area contributed by atoms with Gasteiger partial charge in [0.1, 0.15) is 0 Å². The molecule has 0 aliphatic heterocycles. The van der Waals surface area contributed by atoms with Crippen LogP contribution in [0.2, 0.25) is 0 Å². The number of hydrogen-bond acceptors (Lipinski definition) is 6. The highest BCUT2D eigenvalue weighted by atomic mass is 16.6. The van der Waals surface area contributed by atoms with Crippen LogP contribution in [0.3, 0.4) is 0 Å². The average molecular weight is 282 g/mol. The van der Waals surface area contributed by atoms with E-state index in [9.17, 15) is 14.4 Å². The van der Waals surface area contributed by atoms with E-state index in [1.54, 1.807) is 0 Å². The quantitative estimate of drug-likeness (QED) is 0.717. The maximum absolute atomic E-state index is 11.9. The van der Waals surface area contributed by atoms with Crippen molar-refractivity contribution < 1.29 is 29.0 Å². The Kier molecular flexibility index (Phi) is 5.45. The molecule has 0 fully saturated rings. The fourth-order valence-electron chi connectivity index (χ4n) is 1.36. The molecule has 1 aromatic heterocycles. The average Bonchev–Trinajstić information content (AvgIpc) is 2.37. The molecule has 0 unspecified atom stereocenters. The Hall–Kier alpha value is -2.64. The van der Waals surface area contributed by atoms with Gasteiger partial charge in [0.05, 0.1) is 13.5 Å². The second kappa shape index (κ2) is 7.07. The van der Waals surface area contributed by atoms with Gasteiger partial charge in [0.15, 0.2) is 11.4 Å². The first-order valence-corrected chi connectivity index (χ1v) is 5.67. The number of carbonyl (C=O) groups is 3. The molecule has 1 heterocycles. The van der Waals surface area contributed by atoms with E-state index in [0.29, 0.717) is 0 Å². The van der Waals surface area contributed by atoms with Crippen LogP contribution >= 0.6 is 0 Å². The van der Waals surface area contributed by atoms with Crippen molar-refractivity contribution in [2.45, 2.75) is 13.3 Å². The standard InChI is InChI=1S/C12H14N2O6/c1-7(15)20-11-8(19-2)3-5-13-10(11)12(18)14-6-4-9(16)17/h3,5H,4,6H2,1-2H3,(H,14,18)(H,16,17). The molecule has 1 aromatic rings. The molecule has 0 atom stereocenters. The van der Waals surface area contributed by atoms with Gasteiger partial charge in [-0.15, -0.1) is 0 Å². The molecule has 0 aliphatic carbocycles. The normalized spacial score (nSPS) is 9.70. The Morgan fingerprint density at radius 2 is 2.10 bits per heavy atom. The summed E-state index contributed by atoms with van der Waals surface area (Å²) in [5, 5.41) is 10.9. The molecule has 108 valence electrons. The Bertz CT molecular complexity index is 529. The molecule has 2 N–H and O–H groups in total. The van der Waals surface area contributed by atoms with Gasteiger partial charge in [-0.1, -0.05) is 0 Å². The lowest BCUT2D eigenvalue weighted by Crippen LogP contribution is -2.27. The molecule has 1 rings (SSSR count). The van der Waals surface area contributed by atoms with Crippen molar-refractivity contribution in [3.63, 3.8) is 0 Å². The molecular weight excluding hydrogens is 268 g/mol. The van der Waals surface area contributed by atoms with Crippen molar-refractivity contribution >= 4 is 17.8 Å². The number of esters is 1. The van der Waals surface area contributed by atoms with Crippen LogP contribution in [-0.2, 0) is 9.59 Å². The molecule has 0 radical (unpaired) electrons. The van der Waals surface area contributed by atoms with Gasteiger partial charge >= 0.3 is 11.9 Å². The third kappa shape index (κ3) is 4.23. The van der Waals surface area contributed by atoms with Gasteiger partial charge < -0.3 is 19.9 Å². The van der Waals surface area contributed by atoms with Gasteiger partial charge in [-0.3, -0.25) is 14.4 Å². The van der Waals surface area contributed by atoms with Gasteiger partial charge in [-0.05, 0) is 0 Å². The minimum Gasteiger partial charge on any atom is -0.493 e. The van der Waals surface area contributed by atoms with E-state index in [0.717, 1.165) is 0 Å². The fourth-order valence-corrected chi connectivity index (χ4v) is 1.36. The first-order chi connectivity index (χ1) is 9.45. The molecule has 0 saturated heterocycles. The molecule has 8 nitrogen and oxygen atoms in total. The number of nitrogens with one attached hydrogen (secondary N) is 1. The molecule has 1 amide bonds. The minimum absolute atomic E-state index is 0.0629. The molecule has 0 aliphatic rings. The van der Waals surface area contributed by atoms with Crippen molar-refractivity contribution in [3.8, 4) is 11.5 Å². The highest BCUT2D eigenvalue weighted by Gasteiger charge is 2.20. The maximum atomic E-state index is 11.9. The number of aromatic nitrogens is 1. The number of carboxylic acid groups (broad SMARTS) is 1. The molecule has 0 spiro atoms. The highest BCUT2D eigenvalue weighted by molar-refractivity contribution is 5.96. The zero-order valence-corrected chi connectivity index (χ0v) is 11.0. The Morgan fingerprint density at radius 1 is 1.40 bits per heavy atom. The van der Waals surface area contributed by atoms with Gasteiger partial charge in [0.25, 0.3) is 5.91 Å². The lowest BCUT2D eigenvalue weighted by atomic mass is 10.2. The number of ether oxygens (including phenoxy) is 2. The van der Waals surface area contributed by atoms with Crippen LogP contribution in [0.1, 0.15) is 23.8 Å². The number of pyridine rings is 1. The third-order valence-corrected chi connectivity index (χ3v) is 2.17. The number of methoxy groups -OCH3 is 1. The Morgan fingerprint density at radius 3 is 2.65 bits per heavy atom. The predicted octanol–water partition coefficient (Wildman–Crippen LogP) is 0.220. The number of carboxylic acids is 1. The summed E-state index contributed by atoms with van der Waals surface area (Å²) in [5.41, 5.74) is -0.148. The van der Waals surface area contributed by atoms with Crippen LogP contribution in [0.4, 0.5) is 0 Å². The predicted molar refractivity (Wildman–Crippen MR) is 66.7 cm³/mol. The van der Waals surface area contributed by atoms with Crippen LogP contribution < -0.4 is 14.8 Å². The number of aliphatic carboxylic acids is 1. The summed E-state index contributed by atoms with van der Waals surface area (Å²) in [6.07, 6.45) is 1.09. The van der Waals surface area contributed by atoms with Crippen molar-refractivity contribution in [2.75, 3.05) is 13.7 Å². The maximum Gasteiger partial charge on any atom is 0.308 e. The zero-order chi connectivity index (χ0) is 15.1. The van der Waals surface area contributed by atoms with Gasteiger partial charge in [0, 0.05) is 25.7 Å². The van der Waals surface area contributed by atoms with E-state index >= 15 is 0 Å². The van der Waals surface area contributed by atoms with E-state index in [1.807, 2.05) is 0 Å². The van der Waals surface area contributed by atoms with Gasteiger partial charge in [-0.2, -0.15) is 0 Å². The van der Waals surface area contributed by atoms with E-state index in [2.05, 4.69) is 10.3 Å². The van der Waals surface area contributed by atoms with E-state index < -0.39 is 17.8 Å². The summed E-state index contributed by atoms with van der Waals surface area (Å²) in [6.45, 7) is 1.12. The van der Waals surface area contributed by atoms with Crippen LogP contribution in [0.15, 0.2) is 12.3 Å². The van der Waals surface area contributed by atoms with Crippen LogP contribution in [0, 0.1) is 0 Å². The van der Waals surface area contributed by atoms with Crippen LogP contribution in [-0.4, -0.2) is 41.6 Å². The monoisotopic (exact) mass is 282 g/mol. The first kappa shape index (κ1) is 15.4. The molecular formula is C12H14N2O6. The summed E-state index contributed by atoms with van der Waals surface area (Å²) >= 11 is 0. The SMILES string of the molecule is COc1ccnc(C(=O)NCCC(=O)O)c1OC(C)=O. The largest absolute Gasteiger partial charge is 0.493 e. The van der Waals surface area contributed by atoms with Crippen molar-refractivity contribution in [3.05, 3.63) is 18.0 Å². The summed E-state index contributed by atoms with van der Waals surface area (Å²) in [5.74, 6) is -2.24. The molecule has 0 aromatic carbocycles. The molecule has 0 bridgehead atoms. The second-order valence-electron chi connectivity index (χ2n) is 3.68. The van der Waals surface area contributed by atoms with E-state index in [4.69, 9.17) is 14.6 Å². The topological polar surface area (TPSA) is 115 Å². The zero-order valence-electron chi connectivity index (χ0n) is 11.0. The minimum atomic E-state index is -1.04. The number of amides is 1. The second-order valence-corrected chi connectivity index (χ2v) is 3.68. The van der Waals surface area contributed by atoms with Crippen molar-refractivity contribution in [2.24, 2.45) is 0 Å². The summed E-state index contributed by atoms with van der Waals surface area (Å²) in [6, 6.07) is 1.44. The number of nitrogens with zero attached hydrogens (tertiary/aromatic N) is 1. The molecule has 0 saturated carbocycles. The fraction of sp³-hybridized carbons (Fsp3) is 0.333. The third-order valence-electron chi connectivity index (χ3n) is 2.17. The summed E-state index contributed by atoms with van der Waals surface area (Å²) < 4.78 is 9.90. The van der Waals surface area contributed by atoms with Crippen molar-refractivity contribution in [1.29, 1.82) is 0 Å². The summed E-state index contributed by atoms with van der Waals surface area (Å²) in [4.78, 5) is 37.1. The van der Waals surface area contributed by atoms with E-state index in [-0.39, 0.29) is 30.2 Å². The van der Waals surface area contributed by atoms with Gasteiger partial charge in [0.2, 0.25) is 5.75 Å². The first-order valence-electron chi connectivity index (χ1n) is 5.67. The number of rotatable bonds is 6. The smallest absolute Gasteiger partial charge is 0.308 e. The molecule has 8 heteroatoms. The Balaban J connectivity index is 2.94. The molecule has 20 heavy (non-hydrogen) atoms. The number of carbonyl (C=O) groups excluding carboxylic acids is 2. The van der Waals surface area contributed by atoms with E-state index in [1.165, 1.54) is 26.3 Å². The highest BCUT2D eigenvalue weighted by Crippen LogP contribution is 2.29. The lowest BCUT2D eigenvalue weighted by molar-refractivity contribution is -0.137. The lowest BCUT2D eigenvalue weighted by Gasteiger charge is -2.11. The van der Waals surface area contributed by atoms with Crippen LogP contribution in [0.25, 0.3) is 0 Å². The van der Waals surface area contributed by atoms with Crippen LogP contribution in [0.5, 0.6) is 11.5 Å².